The zero-order valence-corrected chi connectivity index (χ0v) is 13.7. The normalized spacial score (nSPS) is 16.7. The first kappa shape index (κ1) is 16.6. The van der Waals surface area contributed by atoms with Crippen molar-refractivity contribution in [3.05, 3.63) is 23.3 Å². The van der Waals surface area contributed by atoms with E-state index in [0.717, 1.165) is 11.3 Å². The molecule has 24 heavy (non-hydrogen) atoms. The lowest BCUT2D eigenvalue weighted by atomic mass is 9.88. The first-order valence-corrected chi connectivity index (χ1v) is 8.10. The lowest BCUT2D eigenvalue weighted by Crippen LogP contribution is -2.45. The average molecular weight is 352 g/mol. The molecular weight excluding hydrogens is 336 g/mol. The number of carbonyl (C=O) groups excluding carboxylic acids is 1. The van der Waals surface area contributed by atoms with E-state index >= 15 is 0 Å². The van der Waals surface area contributed by atoms with Crippen LogP contribution >= 0.6 is 11.3 Å². The lowest BCUT2D eigenvalue weighted by Gasteiger charge is -2.34. The monoisotopic (exact) mass is 352 g/mol. The predicted octanol–water partition coefficient (Wildman–Crippen LogP) is 2.87. The maximum atomic E-state index is 13.1. The molecule has 1 fully saturated rings. The summed E-state index contributed by atoms with van der Waals surface area (Å²) >= 11 is 0.968. The fraction of sp³-hybridized carbons (Fsp3) is 0.400. The van der Waals surface area contributed by atoms with E-state index in [-0.39, 0.29) is 10.9 Å². The van der Waals surface area contributed by atoms with Crippen LogP contribution in [0, 0.1) is 0 Å². The minimum atomic E-state index is -1.25. The molecule has 0 atom stereocenters. The maximum Gasteiger partial charge on any atom is 0.410 e. The highest BCUT2D eigenvalue weighted by atomic mass is 32.1. The average Bonchev–Trinajstić information content (AvgIpc) is 3.23. The number of rotatable bonds is 5. The summed E-state index contributed by atoms with van der Waals surface area (Å²) in [6, 6.07) is 3.34. The van der Waals surface area contributed by atoms with Crippen molar-refractivity contribution in [1.82, 2.24) is 4.98 Å². The van der Waals surface area contributed by atoms with E-state index in [2.05, 4.69) is 10.3 Å². The highest BCUT2D eigenvalue weighted by Crippen LogP contribution is 2.37. The topological polar surface area (TPSA) is 111 Å². The molecule has 0 aromatic carbocycles. The number of carbonyl (C=O) groups is 2. The van der Waals surface area contributed by atoms with Crippen LogP contribution in [0.15, 0.2) is 22.8 Å². The number of nitrogens with one attached hydrogen (secondary N) is 1. The van der Waals surface area contributed by atoms with E-state index in [1.165, 1.54) is 13.4 Å². The lowest BCUT2D eigenvalue weighted by molar-refractivity contribution is -0.0660. The molecule has 1 aliphatic rings. The highest BCUT2D eigenvalue weighted by Gasteiger charge is 2.43. The summed E-state index contributed by atoms with van der Waals surface area (Å²) in [5.41, 5.74) is -0.686. The number of hydrogen-bond acceptors (Lipinski definition) is 7. The van der Waals surface area contributed by atoms with Crippen LogP contribution in [0.2, 0.25) is 0 Å². The number of ketones is 1. The minimum Gasteiger partial charge on any atom is -0.465 e. The molecule has 0 aliphatic carbocycles. The van der Waals surface area contributed by atoms with Crippen LogP contribution in [0.4, 0.5) is 9.93 Å². The van der Waals surface area contributed by atoms with Crippen molar-refractivity contribution in [3.8, 4) is 11.5 Å². The number of thiazole rings is 1. The second kappa shape index (κ2) is 6.71. The first-order chi connectivity index (χ1) is 11.6. The summed E-state index contributed by atoms with van der Waals surface area (Å²) in [5.74, 6) is 0.155. The number of furan rings is 1. The summed E-state index contributed by atoms with van der Waals surface area (Å²) in [6.45, 7) is 0.851. The predicted molar refractivity (Wildman–Crippen MR) is 85.6 cm³/mol. The van der Waals surface area contributed by atoms with Gasteiger partial charge < -0.3 is 19.0 Å². The molecule has 0 bridgehead atoms. The third kappa shape index (κ3) is 3.05. The van der Waals surface area contributed by atoms with Gasteiger partial charge in [-0.3, -0.25) is 10.1 Å². The molecule has 2 aromatic rings. The van der Waals surface area contributed by atoms with Gasteiger partial charge in [-0.15, -0.1) is 0 Å². The van der Waals surface area contributed by atoms with Gasteiger partial charge in [0.15, 0.2) is 10.9 Å². The molecule has 1 saturated heterocycles. The van der Waals surface area contributed by atoms with Crippen LogP contribution in [0.3, 0.4) is 0 Å². The van der Waals surface area contributed by atoms with Crippen LogP contribution in [-0.4, -0.2) is 47.9 Å². The van der Waals surface area contributed by atoms with E-state index in [1.807, 2.05) is 0 Å². The van der Waals surface area contributed by atoms with Crippen LogP contribution in [0.1, 0.15) is 22.5 Å². The molecule has 0 unspecified atom stereocenters. The molecule has 1 aliphatic heterocycles. The number of Topliss-reactive ketones (excluding diaryl/α,β-unsaturated/α-hetero) is 1. The van der Waals surface area contributed by atoms with Gasteiger partial charge in [0.05, 0.1) is 6.26 Å². The van der Waals surface area contributed by atoms with Crippen LogP contribution < -0.4 is 5.32 Å². The van der Waals surface area contributed by atoms with Gasteiger partial charge >= 0.3 is 6.09 Å². The van der Waals surface area contributed by atoms with E-state index < -0.39 is 11.7 Å². The van der Waals surface area contributed by atoms with Crippen LogP contribution in [-0.2, 0) is 9.47 Å². The number of anilines is 1. The van der Waals surface area contributed by atoms with E-state index in [0.29, 0.717) is 42.4 Å². The smallest absolute Gasteiger partial charge is 0.410 e. The van der Waals surface area contributed by atoms with Gasteiger partial charge in [0.2, 0.25) is 5.78 Å². The zero-order valence-electron chi connectivity index (χ0n) is 12.9. The largest absolute Gasteiger partial charge is 0.465 e. The maximum absolute atomic E-state index is 13.1. The molecule has 0 radical (unpaired) electrons. The Hall–Kier alpha value is -2.23. The highest BCUT2D eigenvalue weighted by molar-refractivity contribution is 7.18. The number of amides is 1. The van der Waals surface area contributed by atoms with Gasteiger partial charge in [0.1, 0.15) is 16.2 Å². The molecular formula is C15H16N2O6S. The van der Waals surface area contributed by atoms with Crippen LogP contribution in [0.5, 0.6) is 0 Å². The molecule has 3 heterocycles. The molecule has 2 aromatic heterocycles. The Kier molecular flexibility index (Phi) is 4.65. The number of hydrogen-bond donors (Lipinski definition) is 2. The number of aromatic nitrogens is 1. The molecule has 1 amide bonds. The molecule has 0 spiro atoms. The van der Waals surface area contributed by atoms with Crippen molar-refractivity contribution in [2.24, 2.45) is 0 Å². The Morgan fingerprint density at radius 3 is 2.75 bits per heavy atom. The third-order valence-electron chi connectivity index (χ3n) is 3.91. The molecule has 2 N–H and O–H groups in total. The Balaban J connectivity index is 2.03. The molecule has 128 valence electrons. The molecule has 3 rings (SSSR count). The molecule has 8 nitrogen and oxygen atoms in total. The Morgan fingerprint density at radius 1 is 1.42 bits per heavy atom. The van der Waals surface area contributed by atoms with Gasteiger partial charge in [-0.1, -0.05) is 11.3 Å². The summed E-state index contributed by atoms with van der Waals surface area (Å²) in [7, 11) is 1.49. The second-order valence-corrected chi connectivity index (χ2v) is 6.24. The van der Waals surface area contributed by atoms with Crippen molar-refractivity contribution < 1.29 is 28.6 Å². The van der Waals surface area contributed by atoms with E-state index in [1.54, 1.807) is 12.1 Å². The van der Waals surface area contributed by atoms with Crippen LogP contribution in [0.25, 0.3) is 11.5 Å². The van der Waals surface area contributed by atoms with Crippen molar-refractivity contribution in [1.29, 1.82) is 0 Å². The third-order valence-corrected chi connectivity index (χ3v) is 4.88. The Labute approximate surface area is 141 Å². The SMILES string of the molecule is COC1(C(=O)c2sc(NC(=O)O)nc2-c2ccco2)CCOCC1. The second-order valence-electron chi connectivity index (χ2n) is 5.24. The first-order valence-electron chi connectivity index (χ1n) is 7.28. The van der Waals surface area contributed by atoms with Crippen molar-refractivity contribution in [2.45, 2.75) is 18.4 Å². The standard InChI is InChI=1S/C15H16N2O6S/c1-21-15(4-7-22-8-5-15)12(18)11-10(9-3-2-6-23-9)16-13(24-11)17-14(19)20/h2-3,6H,4-5,7-8H2,1H3,(H,16,17)(H,19,20). The van der Waals surface area contributed by atoms with Gasteiger partial charge in [-0.25, -0.2) is 9.78 Å². The number of methoxy groups -OCH3 is 1. The number of carboxylic acid groups (broad SMARTS) is 1. The van der Waals surface area contributed by atoms with Gasteiger partial charge in [0, 0.05) is 33.2 Å². The summed E-state index contributed by atoms with van der Waals surface area (Å²) in [5, 5.41) is 11.2. The van der Waals surface area contributed by atoms with Crippen molar-refractivity contribution in [3.63, 3.8) is 0 Å². The Morgan fingerprint density at radius 2 is 2.17 bits per heavy atom. The van der Waals surface area contributed by atoms with Gasteiger partial charge in [-0.2, -0.15) is 0 Å². The summed E-state index contributed by atoms with van der Waals surface area (Å²) in [4.78, 5) is 28.5. The van der Waals surface area contributed by atoms with Crippen molar-refractivity contribution in [2.75, 3.05) is 25.6 Å². The van der Waals surface area contributed by atoms with Gasteiger partial charge in [-0.05, 0) is 12.1 Å². The summed E-state index contributed by atoms with van der Waals surface area (Å²) < 4.78 is 16.2. The number of nitrogens with zero attached hydrogens (tertiary/aromatic N) is 1. The Bertz CT molecular complexity index is 733. The minimum absolute atomic E-state index is 0.107. The fourth-order valence-corrected chi connectivity index (χ4v) is 3.62. The van der Waals surface area contributed by atoms with Crippen molar-refractivity contribution >= 4 is 28.3 Å². The quantitative estimate of drug-likeness (QED) is 0.796. The fourth-order valence-electron chi connectivity index (χ4n) is 2.63. The van der Waals surface area contributed by atoms with E-state index in [4.69, 9.17) is 19.0 Å². The number of ether oxygens (including phenoxy) is 2. The molecule has 9 heteroatoms. The van der Waals surface area contributed by atoms with E-state index in [9.17, 15) is 9.59 Å². The zero-order chi connectivity index (χ0) is 17.2. The van der Waals surface area contributed by atoms with Gasteiger partial charge in [0.25, 0.3) is 0 Å². The molecule has 0 saturated carbocycles. The summed E-state index contributed by atoms with van der Waals surface area (Å²) in [6.07, 6.45) is 1.08.